The fourth-order valence-corrected chi connectivity index (χ4v) is 4.47. The second-order valence-corrected chi connectivity index (χ2v) is 7.80. The molecule has 8 heteroatoms. The van der Waals surface area contributed by atoms with Gasteiger partial charge < -0.3 is 19.4 Å². The lowest BCUT2D eigenvalue weighted by Crippen LogP contribution is -2.25. The number of amides is 1. The average molecular weight is 411 g/mol. The van der Waals surface area contributed by atoms with E-state index in [0.29, 0.717) is 36.8 Å². The highest BCUT2D eigenvalue weighted by molar-refractivity contribution is 7.99. The predicted octanol–water partition coefficient (Wildman–Crippen LogP) is 3.50. The van der Waals surface area contributed by atoms with E-state index in [0.717, 1.165) is 34.4 Å². The van der Waals surface area contributed by atoms with Crippen LogP contribution in [-0.4, -0.2) is 34.4 Å². The lowest BCUT2D eigenvalue weighted by molar-refractivity contribution is 0.0949. The minimum atomic E-state index is -0.289. The van der Waals surface area contributed by atoms with Crippen molar-refractivity contribution in [1.29, 1.82) is 0 Å². The van der Waals surface area contributed by atoms with Gasteiger partial charge in [0.15, 0.2) is 16.7 Å². The van der Waals surface area contributed by atoms with Crippen LogP contribution < -0.4 is 14.8 Å². The van der Waals surface area contributed by atoms with Crippen LogP contribution in [0.15, 0.2) is 47.6 Å². The number of hydrogen-bond donors (Lipinski definition) is 1. The summed E-state index contributed by atoms with van der Waals surface area (Å²) in [5, 5.41) is 3.90. The Morgan fingerprint density at radius 2 is 1.93 bits per heavy atom. The predicted molar refractivity (Wildman–Crippen MR) is 107 cm³/mol. The van der Waals surface area contributed by atoms with Gasteiger partial charge in [0.25, 0.3) is 5.91 Å². The molecule has 1 amide bonds. The molecule has 3 aromatic rings. The Morgan fingerprint density at radius 3 is 2.76 bits per heavy atom. The second-order valence-electron chi connectivity index (χ2n) is 6.74. The number of thioether (sulfide) groups is 1. The van der Waals surface area contributed by atoms with Crippen LogP contribution in [-0.2, 0) is 13.1 Å². The van der Waals surface area contributed by atoms with Crippen LogP contribution in [0.3, 0.4) is 0 Å². The van der Waals surface area contributed by atoms with Crippen molar-refractivity contribution in [3.05, 3.63) is 59.5 Å². The molecule has 1 aromatic heterocycles. The summed E-state index contributed by atoms with van der Waals surface area (Å²) in [6.45, 7) is 2.14. The molecule has 3 heterocycles. The maximum Gasteiger partial charge on any atom is 0.251 e. The van der Waals surface area contributed by atoms with E-state index in [9.17, 15) is 9.18 Å². The van der Waals surface area contributed by atoms with Crippen molar-refractivity contribution in [3.63, 3.8) is 0 Å². The zero-order chi connectivity index (χ0) is 19.8. The lowest BCUT2D eigenvalue weighted by atomic mass is 10.1. The number of benzene rings is 2. The van der Waals surface area contributed by atoms with Crippen molar-refractivity contribution in [2.45, 2.75) is 18.2 Å². The largest absolute Gasteiger partial charge is 0.486 e. The first-order valence-electron chi connectivity index (χ1n) is 9.35. The van der Waals surface area contributed by atoms with E-state index in [2.05, 4.69) is 9.88 Å². The van der Waals surface area contributed by atoms with Crippen LogP contribution in [0, 0.1) is 5.82 Å². The van der Waals surface area contributed by atoms with Gasteiger partial charge in [-0.05, 0) is 42.5 Å². The Bertz CT molecular complexity index is 1080. The number of carbonyl (C=O) groups excluding carboxylic acids is 1. The molecule has 1 N–H and O–H groups in total. The number of nitrogens with zero attached hydrogens (tertiary/aromatic N) is 2. The number of carbonyl (C=O) groups is 1. The van der Waals surface area contributed by atoms with Crippen LogP contribution >= 0.6 is 11.8 Å². The van der Waals surface area contributed by atoms with Gasteiger partial charge in [-0.2, -0.15) is 0 Å². The maximum atomic E-state index is 13.3. The zero-order valence-electron chi connectivity index (χ0n) is 15.5. The maximum absolute atomic E-state index is 13.3. The first-order valence-corrected chi connectivity index (χ1v) is 10.3. The third-order valence-electron chi connectivity index (χ3n) is 4.92. The number of nitrogens with one attached hydrogen (secondary N) is 1. The number of fused-ring (bicyclic) bond motifs is 2. The Balaban J connectivity index is 1.39. The molecule has 0 aliphatic carbocycles. The highest BCUT2D eigenvalue weighted by atomic mass is 32.2. The lowest BCUT2D eigenvalue weighted by Gasteiger charge is -2.18. The van der Waals surface area contributed by atoms with Gasteiger partial charge in [0.05, 0.1) is 17.9 Å². The molecule has 0 saturated heterocycles. The van der Waals surface area contributed by atoms with Crippen LogP contribution in [0.25, 0.3) is 11.3 Å². The molecule has 148 valence electrons. The van der Waals surface area contributed by atoms with Crippen molar-refractivity contribution in [3.8, 4) is 22.8 Å². The van der Waals surface area contributed by atoms with Gasteiger partial charge in [-0.3, -0.25) is 4.79 Å². The zero-order valence-corrected chi connectivity index (χ0v) is 16.3. The number of halogens is 1. The van der Waals surface area contributed by atoms with Crippen LogP contribution in [0.2, 0.25) is 0 Å². The molecule has 0 fully saturated rings. The molecule has 6 nitrogen and oxygen atoms in total. The molecule has 2 aromatic carbocycles. The first-order chi connectivity index (χ1) is 14.2. The second kappa shape index (κ2) is 7.44. The van der Waals surface area contributed by atoms with E-state index in [1.165, 1.54) is 12.1 Å². The fraction of sp³-hybridized carbons (Fsp3) is 0.238. The summed E-state index contributed by atoms with van der Waals surface area (Å²) in [6.07, 6.45) is 0. The summed E-state index contributed by atoms with van der Waals surface area (Å²) in [4.78, 5) is 17.4. The Morgan fingerprint density at radius 1 is 1.14 bits per heavy atom. The molecule has 0 bridgehead atoms. The summed E-state index contributed by atoms with van der Waals surface area (Å²) in [7, 11) is 0. The highest BCUT2D eigenvalue weighted by Crippen LogP contribution is 2.34. The van der Waals surface area contributed by atoms with E-state index in [1.807, 2.05) is 0 Å². The number of aromatic nitrogens is 2. The smallest absolute Gasteiger partial charge is 0.251 e. The normalized spacial score (nSPS) is 14.5. The van der Waals surface area contributed by atoms with E-state index in [-0.39, 0.29) is 11.7 Å². The quantitative estimate of drug-likeness (QED) is 0.712. The van der Waals surface area contributed by atoms with Crippen LogP contribution in [0.4, 0.5) is 4.39 Å². The average Bonchev–Trinajstić information content (AvgIpc) is 3.34. The molecule has 29 heavy (non-hydrogen) atoms. The Hall–Kier alpha value is -3.00. The number of rotatable bonds is 4. The van der Waals surface area contributed by atoms with Crippen molar-refractivity contribution in [2.24, 2.45) is 0 Å². The van der Waals surface area contributed by atoms with Crippen molar-refractivity contribution >= 4 is 17.7 Å². The molecule has 0 atom stereocenters. The Labute approximate surface area is 171 Å². The van der Waals surface area contributed by atoms with Crippen LogP contribution in [0.5, 0.6) is 11.5 Å². The molecule has 0 radical (unpaired) electrons. The van der Waals surface area contributed by atoms with Gasteiger partial charge in [-0.15, -0.1) is 0 Å². The van der Waals surface area contributed by atoms with E-state index in [4.69, 9.17) is 14.5 Å². The van der Waals surface area contributed by atoms with E-state index >= 15 is 0 Å². The van der Waals surface area contributed by atoms with E-state index < -0.39 is 0 Å². The molecule has 0 unspecified atom stereocenters. The summed E-state index contributed by atoms with van der Waals surface area (Å²) in [5.74, 6) is 1.70. The van der Waals surface area contributed by atoms with Crippen molar-refractivity contribution in [1.82, 2.24) is 14.9 Å². The summed E-state index contributed by atoms with van der Waals surface area (Å²) in [5.41, 5.74) is 3.03. The summed E-state index contributed by atoms with van der Waals surface area (Å²) >= 11 is 1.68. The minimum absolute atomic E-state index is 0.201. The minimum Gasteiger partial charge on any atom is -0.486 e. The SMILES string of the molecule is O=C(NCc1c(-c2ccc(F)cc2)nc2n1CCS2)c1ccc2c(c1)OCCO2. The van der Waals surface area contributed by atoms with E-state index in [1.54, 1.807) is 42.1 Å². The number of hydrogen-bond acceptors (Lipinski definition) is 5. The highest BCUT2D eigenvalue weighted by Gasteiger charge is 2.23. The van der Waals surface area contributed by atoms with Gasteiger partial charge in [0.2, 0.25) is 0 Å². The van der Waals surface area contributed by atoms with Crippen molar-refractivity contribution in [2.75, 3.05) is 19.0 Å². The number of ether oxygens (including phenoxy) is 2. The molecule has 0 saturated carbocycles. The van der Waals surface area contributed by atoms with Gasteiger partial charge >= 0.3 is 0 Å². The van der Waals surface area contributed by atoms with Gasteiger partial charge in [-0.25, -0.2) is 9.37 Å². The molecular formula is C21H18FN3O3S. The summed E-state index contributed by atoms with van der Waals surface area (Å²) in [6, 6.07) is 11.4. The van der Waals surface area contributed by atoms with Gasteiger partial charge in [0.1, 0.15) is 19.0 Å². The molecule has 5 rings (SSSR count). The van der Waals surface area contributed by atoms with Gasteiger partial charge in [0, 0.05) is 23.4 Å². The fourth-order valence-electron chi connectivity index (χ4n) is 3.50. The summed E-state index contributed by atoms with van der Waals surface area (Å²) < 4.78 is 26.5. The van der Waals surface area contributed by atoms with Crippen LogP contribution in [0.1, 0.15) is 16.1 Å². The van der Waals surface area contributed by atoms with Crippen molar-refractivity contribution < 1.29 is 18.7 Å². The number of imidazole rings is 1. The molecule has 0 spiro atoms. The Kier molecular flexibility index (Phi) is 4.63. The first kappa shape index (κ1) is 18.1. The monoisotopic (exact) mass is 411 g/mol. The molecular weight excluding hydrogens is 393 g/mol. The molecule has 2 aliphatic heterocycles. The third kappa shape index (κ3) is 3.44. The molecule has 2 aliphatic rings. The topological polar surface area (TPSA) is 65.4 Å². The standard InChI is InChI=1S/C21H18FN3O3S/c22-15-4-1-13(2-5-15)19-16(25-7-10-29-21(25)24-19)12-23-20(26)14-3-6-17-18(11-14)28-9-8-27-17/h1-6,11H,7-10,12H2,(H,23,26). The third-order valence-corrected chi connectivity index (χ3v) is 5.88. The van der Waals surface area contributed by atoms with Gasteiger partial charge in [-0.1, -0.05) is 11.8 Å².